The summed E-state index contributed by atoms with van der Waals surface area (Å²) in [5, 5.41) is 0. The van der Waals surface area contributed by atoms with Crippen LogP contribution in [0.5, 0.6) is 0 Å². The third kappa shape index (κ3) is 5.05. The van der Waals surface area contributed by atoms with E-state index in [4.69, 9.17) is 9.47 Å². The molecule has 0 unspecified atom stereocenters. The van der Waals surface area contributed by atoms with E-state index in [1.54, 1.807) is 0 Å². The number of rotatable bonds is 6. The smallest absolute Gasteiger partial charge is 0.420 e. The third-order valence-electron chi connectivity index (χ3n) is 3.88. The van der Waals surface area contributed by atoms with E-state index in [2.05, 4.69) is 4.98 Å². The number of hydrogen-bond acceptors (Lipinski definition) is 6. The van der Waals surface area contributed by atoms with Crippen LogP contribution in [0.1, 0.15) is 39.9 Å². The molecule has 0 saturated heterocycles. The van der Waals surface area contributed by atoms with Gasteiger partial charge in [0.2, 0.25) is 0 Å². The van der Waals surface area contributed by atoms with Crippen LogP contribution in [0.4, 0.5) is 4.79 Å². The molecule has 7 nitrogen and oxygen atoms in total. The summed E-state index contributed by atoms with van der Waals surface area (Å²) in [6.07, 6.45) is -0.165. The SMILES string of the molecule is CCN(CCC(=O)OC)Cc1nc2ccccc2n1C(=O)OC(C)(C)C. The molecule has 2 rings (SSSR count). The van der Waals surface area contributed by atoms with Crippen molar-refractivity contribution in [1.82, 2.24) is 14.5 Å². The van der Waals surface area contributed by atoms with Crippen molar-refractivity contribution in [3.8, 4) is 0 Å². The Morgan fingerprint density at radius 1 is 1.23 bits per heavy atom. The number of ether oxygens (including phenoxy) is 2. The van der Waals surface area contributed by atoms with E-state index in [0.717, 1.165) is 5.52 Å². The van der Waals surface area contributed by atoms with Crippen LogP contribution in [0, 0.1) is 0 Å². The first-order chi connectivity index (χ1) is 12.2. The van der Waals surface area contributed by atoms with Gasteiger partial charge in [-0.2, -0.15) is 0 Å². The van der Waals surface area contributed by atoms with Crippen molar-refractivity contribution in [3.05, 3.63) is 30.1 Å². The monoisotopic (exact) mass is 361 g/mol. The first-order valence-electron chi connectivity index (χ1n) is 8.74. The lowest BCUT2D eigenvalue weighted by Crippen LogP contribution is -2.31. The average molecular weight is 361 g/mol. The van der Waals surface area contributed by atoms with Crippen molar-refractivity contribution in [2.24, 2.45) is 0 Å². The van der Waals surface area contributed by atoms with Crippen molar-refractivity contribution >= 4 is 23.1 Å². The van der Waals surface area contributed by atoms with Crippen LogP contribution in [-0.2, 0) is 20.8 Å². The Labute approximate surface area is 153 Å². The van der Waals surface area contributed by atoms with Gasteiger partial charge in [0, 0.05) is 6.54 Å². The highest BCUT2D eigenvalue weighted by molar-refractivity contribution is 5.87. The zero-order valence-electron chi connectivity index (χ0n) is 16.1. The second-order valence-corrected chi connectivity index (χ2v) is 7.03. The van der Waals surface area contributed by atoms with Gasteiger partial charge in [-0.3, -0.25) is 9.69 Å². The standard InChI is InChI=1S/C19H27N3O4/c1-6-21(12-11-17(23)25-5)13-16-20-14-9-7-8-10-15(14)22(16)18(24)26-19(2,3)4/h7-10H,6,11-13H2,1-5H3. The fourth-order valence-corrected chi connectivity index (χ4v) is 2.59. The zero-order chi connectivity index (χ0) is 19.3. The van der Waals surface area contributed by atoms with Crippen molar-refractivity contribution < 1.29 is 19.1 Å². The van der Waals surface area contributed by atoms with Gasteiger partial charge in [-0.25, -0.2) is 14.3 Å². The predicted molar refractivity (Wildman–Crippen MR) is 98.9 cm³/mol. The Morgan fingerprint density at radius 2 is 1.92 bits per heavy atom. The molecule has 0 saturated carbocycles. The van der Waals surface area contributed by atoms with Crippen LogP contribution >= 0.6 is 0 Å². The fraction of sp³-hybridized carbons (Fsp3) is 0.526. The summed E-state index contributed by atoms with van der Waals surface area (Å²) in [7, 11) is 1.38. The molecule has 0 amide bonds. The maximum absolute atomic E-state index is 12.7. The predicted octanol–water partition coefficient (Wildman–Crippen LogP) is 3.20. The molecule has 26 heavy (non-hydrogen) atoms. The summed E-state index contributed by atoms with van der Waals surface area (Å²) < 4.78 is 11.8. The maximum atomic E-state index is 12.7. The largest absolute Gasteiger partial charge is 0.469 e. The van der Waals surface area contributed by atoms with Gasteiger partial charge in [-0.15, -0.1) is 0 Å². The van der Waals surface area contributed by atoms with Crippen LogP contribution in [0.2, 0.25) is 0 Å². The van der Waals surface area contributed by atoms with E-state index in [1.807, 2.05) is 56.9 Å². The molecule has 0 aliphatic rings. The number of benzene rings is 1. The maximum Gasteiger partial charge on any atom is 0.420 e. The summed E-state index contributed by atoms with van der Waals surface area (Å²) in [6, 6.07) is 7.46. The van der Waals surface area contributed by atoms with E-state index in [-0.39, 0.29) is 12.4 Å². The Hall–Kier alpha value is -2.41. The molecule has 1 aromatic carbocycles. The summed E-state index contributed by atoms with van der Waals surface area (Å²) in [4.78, 5) is 30.8. The average Bonchev–Trinajstić information content (AvgIpc) is 2.94. The minimum atomic E-state index is -0.602. The van der Waals surface area contributed by atoms with E-state index in [0.29, 0.717) is 31.0 Å². The first kappa shape index (κ1) is 19.9. The molecule has 0 spiro atoms. The van der Waals surface area contributed by atoms with Gasteiger partial charge in [0.1, 0.15) is 11.4 Å². The second-order valence-electron chi connectivity index (χ2n) is 7.03. The number of para-hydroxylation sites is 2. The van der Waals surface area contributed by atoms with Gasteiger partial charge in [0.25, 0.3) is 0 Å². The molecule has 2 aromatic rings. The lowest BCUT2D eigenvalue weighted by atomic mass is 10.2. The van der Waals surface area contributed by atoms with Crippen LogP contribution in [0.3, 0.4) is 0 Å². The molecule has 142 valence electrons. The number of imidazole rings is 1. The third-order valence-corrected chi connectivity index (χ3v) is 3.88. The molecule has 0 aliphatic carbocycles. The molecule has 1 aromatic heterocycles. The normalized spacial score (nSPS) is 11.8. The van der Waals surface area contributed by atoms with E-state index in [9.17, 15) is 9.59 Å². The molecular formula is C19H27N3O4. The van der Waals surface area contributed by atoms with Gasteiger partial charge in [0.15, 0.2) is 0 Å². The molecule has 0 fully saturated rings. The molecule has 0 aliphatic heterocycles. The molecular weight excluding hydrogens is 334 g/mol. The molecule has 7 heteroatoms. The Morgan fingerprint density at radius 3 is 2.54 bits per heavy atom. The summed E-state index contributed by atoms with van der Waals surface area (Å²) in [6.45, 7) is 9.17. The summed E-state index contributed by atoms with van der Waals surface area (Å²) in [5.74, 6) is 0.330. The van der Waals surface area contributed by atoms with Crippen molar-refractivity contribution in [2.45, 2.75) is 46.3 Å². The minimum absolute atomic E-state index is 0.260. The van der Waals surface area contributed by atoms with E-state index < -0.39 is 11.7 Å². The van der Waals surface area contributed by atoms with Gasteiger partial charge in [0.05, 0.1) is 31.1 Å². The van der Waals surface area contributed by atoms with Crippen molar-refractivity contribution in [2.75, 3.05) is 20.2 Å². The highest BCUT2D eigenvalue weighted by Crippen LogP contribution is 2.20. The van der Waals surface area contributed by atoms with Crippen molar-refractivity contribution in [3.63, 3.8) is 0 Å². The number of nitrogens with zero attached hydrogens (tertiary/aromatic N) is 3. The highest BCUT2D eigenvalue weighted by atomic mass is 16.6. The zero-order valence-corrected chi connectivity index (χ0v) is 16.1. The summed E-state index contributed by atoms with van der Waals surface area (Å²) >= 11 is 0. The minimum Gasteiger partial charge on any atom is -0.469 e. The van der Waals surface area contributed by atoms with E-state index in [1.165, 1.54) is 11.7 Å². The molecule has 0 N–H and O–H groups in total. The molecule has 1 heterocycles. The number of hydrogen-bond donors (Lipinski definition) is 0. The van der Waals surface area contributed by atoms with Crippen LogP contribution in [0.15, 0.2) is 24.3 Å². The Kier molecular flexibility index (Phi) is 6.37. The second kappa shape index (κ2) is 8.31. The van der Waals surface area contributed by atoms with Crippen LogP contribution in [0.25, 0.3) is 11.0 Å². The van der Waals surface area contributed by atoms with Crippen LogP contribution < -0.4 is 0 Å². The molecule has 0 bridgehead atoms. The lowest BCUT2D eigenvalue weighted by Gasteiger charge is -2.22. The highest BCUT2D eigenvalue weighted by Gasteiger charge is 2.24. The van der Waals surface area contributed by atoms with E-state index >= 15 is 0 Å². The number of esters is 1. The number of aromatic nitrogens is 2. The Bertz CT molecular complexity index is 777. The fourth-order valence-electron chi connectivity index (χ4n) is 2.59. The quantitative estimate of drug-likeness (QED) is 0.736. The molecule has 0 radical (unpaired) electrons. The number of carbonyl (C=O) groups excluding carboxylic acids is 2. The van der Waals surface area contributed by atoms with Gasteiger partial charge < -0.3 is 9.47 Å². The van der Waals surface area contributed by atoms with Crippen LogP contribution in [-0.4, -0.2) is 52.3 Å². The number of methoxy groups -OCH3 is 1. The number of carbonyl (C=O) groups is 2. The molecule has 0 atom stereocenters. The Balaban J connectivity index is 2.32. The van der Waals surface area contributed by atoms with Gasteiger partial charge in [-0.05, 0) is 39.4 Å². The van der Waals surface area contributed by atoms with Gasteiger partial charge >= 0.3 is 12.1 Å². The summed E-state index contributed by atoms with van der Waals surface area (Å²) in [5.41, 5.74) is 0.841. The van der Waals surface area contributed by atoms with Crippen molar-refractivity contribution in [1.29, 1.82) is 0 Å². The lowest BCUT2D eigenvalue weighted by molar-refractivity contribution is -0.141. The van der Waals surface area contributed by atoms with Gasteiger partial charge in [-0.1, -0.05) is 19.1 Å². The first-order valence-corrected chi connectivity index (χ1v) is 8.74. The number of fused-ring (bicyclic) bond motifs is 1. The topological polar surface area (TPSA) is 73.7 Å².